The average Bonchev–Trinajstić information content (AvgIpc) is 2.67. The summed E-state index contributed by atoms with van der Waals surface area (Å²) in [6, 6.07) is 6.19. The molecular weight excluding hydrogens is 220 g/mol. The lowest BCUT2D eigenvalue weighted by Crippen LogP contribution is -2.40. The number of nitrogens with zero attached hydrogens (tertiary/aromatic N) is 1. The minimum atomic E-state index is -0.651. The second kappa shape index (κ2) is 3.41. The summed E-state index contributed by atoms with van der Waals surface area (Å²) in [6.45, 7) is 0.0330. The molecule has 2 aliphatic heterocycles. The zero-order valence-corrected chi connectivity index (χ0v) is 8.97. The molecule has 0 aliphatic carbocycles. The summed E-state index contributed by atoms with van der Waals surface area (Å²) in [6.07, 6.45) is 0.117. The number of amides is 2. The number of fused-ring (bicyclic) bond motifs is 2. The summed E-state index contributed by atoms with van der Waals surface area (Å²) in [4.78, 5) is 36.8. The highest BCUT2D eigenvalue weighted by Crippen LogP contribution is 2.27. The summed E-state index contributed by atoms with van der Waals surface area (Å²) in [5, 5.41) is 2.69. The number of para-hydroxylation sites is 1. The van der Waals surface area contributed by atoms with Crippen LogP contribution in [0.4, 0.5) is 5.69 Å². The van der Waals surface area contributed by atoms with Gasteiger partial charge < -0.3 is 10.2 Å². The van der Waals surface area contributed by atoms with Crippen molar-refractivity contribution in [2.45, 2.75) is 12.5 Å². The van der Waals surface area contributed by atoms with Gasteiger partial charge in [0.05, 0.1) is 17.8 Å². The molecule has 1 atom stereocenters. The third kappa shape index (κ3) is 1.43. The van der Waals surface area contributed by atoms with Crippen LogP contribution >= 0.6 is 0 Å². The number of benzene rings is 1. The molecule has 0 aromatic heterocycles. The monoisotopic (exact) mass is 230 g/mol. The highest BCUT2D eigenvalue weighted by Gasteiger charge is 2.41. The van der Waals surface area contributed by atoms with E-state index < -0.39 is 6.04 Å². The van der Waals surface area contributed by atoms with Gasteiger partial charge in [0.15, 0.2) is 5.78 Å². The topological polar surface area (TPSA) is 66.5 Å². The van der Waals surface area contributed by atoms with Crippen LogP contribution in [0, 0.1) is 0 Å². The Morgan fingerprint density at radius 2 is 1.94 bits per heavy atom. The first kappa shape index (κ1) is 10.0. The quantitative estimate of drug-likeness (QED) is 0.702. The van der Waals surface area contributed by atoms with Crippen molar-refractivity contribution in [2.75, 3.05) is 11.9 Å². The summed E-state index contributed by atoms with van der Waals surface area (Å²) in [5.74, 6) is -0.609. The second-order valence-electron chi connectivity index (χ2n) is 4.23. The molecule has 2 aliphatic rings. The Kier molecular flexibility index (Phi) is 2.01. The van der Waals surface area contributed by atoms with Crippen molar-refractivity contribution in [3.63, 3.8) is 0 Å². The minimum Gasteiger partial charge on any atom is -0.324 e. The molecule has 0 bridgehead atoms. The van der Waals surface area contributed by atoms with Crippen molar-refractivity contribution in [2.24, 2.45) is 0 Å². The fourth-order valence-electron chi connectivity index (χ4n) is 2.29. The van der Waals surface area contributed by atoms with E-state index >= 15 is 0 Å². The maximum absolute atomic E-state index is 12.2. The van der Waals surface area contributed by atoms with Crippen molar-refractivity contribution in [3.05, 3.63) is 29.8 Å². The van der Waals surface area contributed by atoms with E-state index in [4.69, 9.17) is 0 Å². The van der Waals surface area contributed by atoms with E-state index in [9.17, 15) is 14.4 Å². The van der Waals surface area contributed by atoms with Gasteiger partial charge in [0.2, 0.25) is 5.91 Å². The number of Topliss-reactive ketones (excluding diaryl/α,β-unsaturated/α-hetero) is 1. The molecule has 17 heavy (non-hydrogen) atoms. The van der Waals surface area contributed by atoms with Gasteiger partial charge in [-0.2, -0.15) is 0 Å². The van der Waals surface area contributed by atoms with Gasteiger partial charge in [0, 0.05) is 6.42 Å². The predicted octanol–water partition coefficient (Wildman–Crippen LogP) is 0.422. The Balaban J connectivity index is 2.11. The van der Waals surface area contributed by atoms with Gasteiger partial charge >= 0.3 is 0 Å². The van der Waals surface area contributed by atoms with Crippen LogP contribution in [0.25, 0.3) is 0 Å². The number of anilines is 1. The molecule has 1 fully saturated rings. The third-order valence-corrected chi connectivity index (χ3v) is 3.12. The minimum absolute atomic E-state index is 0.0330. The van der Waals surface area contributed by atoms with Gasteiger partial charge in [-0.15, -0.1) is 0 Å². The zero-order valence-electron chi connectivity index (χ0n) is 8.97. The highest BCUT2D eigenvalue weighted by atomic mass is 16.2. The first-order valence-electron chi connectivity index (χ1n) is 5.39. The first-order chi connectivity index (χ1) is 8.16. The van der Waals surface area contributed by atoms with Crippen LogP contribution in [-0.2, 0) is 9.59 Å². The number of nitrogens with one attached hydrogen (secondary N) is 1. The first-order valence-corrected chi connectivity index (χ1v) is 5.39. The average molecular weight is 230 g/mol. The zero-order chi connectivity index (χ0) is 12.0. The van der Waals surface area contributed by atoms with Crippen LogP contribution in [0.5, 0.6) is 0 Å². The van der Waals surface area contributed by atoms with Gasteiger partial charge in [-0.3, -0.25) is 14.4 Å². The van der Waals surface area contributed by atoms with E-state index in [0.29, 0.717) is 11.3 Å². The van der Waals surface area contributed by atoms with Crippen LogP contribution in [0.3, 0.4) is 0 Å². The molecular formula is C12H10N2O3. The van der Waals surface area contributed by atoms with E-state index in [1.165, 1.54) is 4.90 Å². The number of ketones is 1. The van der Waals surface area contributed by atoms with Gasteiger partial charge in [-0.1, -0.05) is 12.1 Å². The fraction of sp³-hybridized carbons (Fsp3) is 0.250. The van der Waals surface area contributed by atoms with Crippen LogP contribution < -0.4 is 5.32 Å². The summed E-state index contributed by atoms with van der Waals surface area (Å²) in [7, 11) is 0. The fourth-order valence-corrected chi connectivity index (χ4v) is 2.29. The molecule has 1 aromatic carbocycles. The van der Waals surface area contributed by atoms with Crippen LogP contribution in [0.1, 0.15) is 16.8 Å². The van der Waals surface area contributed by atoms with E-state index in [1.807, 2.05) is 0 Å². The normalized spacial score (nSPS) is 22.9. The van der Waals surface area contributed by atoms with Crippen molar-refractivity contribution < 1.29 is 14.4 Å². The molecule has 1 saturated heterocycles. The van der Waals surface area contributed by atoms with Crippen LogP contribution in [-0.4, -0.2) is 35.1 Å². The second-order valence-corrected chi connectivity index (χ2v) is 4.23. The Morgan fingerprint density at radius 1 is 1.18 bits per heavy atom. The maximum atomic E-state index is 12.2. The Hall–Kier alpha value is -2.17. The van der Waals surface area contributed by atoms with Crippen molar-refractivity contribution >= 4 is 23.3 Å². The predicted molar refractivity (Wildman–Crippen MR) is 59.5 cm³/mol. The smallest absolute Gasteiger partial charge is 0.257 e. The maximum Gasteiger partial charge on any atom is 0.257 e. The van der Waals surface area contributed by atoms with Gasteiger partial charge in [-0.25, -0.2) is 0 Å². The molecule has 0 saturated carbocycles. The van der Waals surface area contributed by atoms with Gasteiger partial charge in [0.1, 0.15) is 6.04 Å². The Morgan fingerprint density at radius 3 is 2.76 bits per heavy atom. The number of rotatable bonds is 0. The molecule has 2 amide bonds. The molecule has 1 unspecified atom stereocenters. The standard InChI is InChI=1S/C12H10N2O3/c15-7-5-10-11(16)13-9-4-2-1-3-8(9)12(17)14(10)6-7/h1-4,10H,5-6H2,(H,13,16). The molecule has 1 N–H and O–H groups in total. The van der Waals surface area contributed by atoms with E-state index in [2.05, 4.69) is 5.32 Å². The highest BCUT2D eigenvalue weighted by molar-refractivity contribution is 6.13. The molecule has 86 valence electrons. The lowest BCUT2D eigenvalue weighted by Gasteiger charge is -2.18. The summed E-state index contributed by atoms with van der Waals surface area (Å²) in [5.41, 5.74) is 0.961. The molecule has 2 heterocycles. The van der Waals surface area contributed by atoms with Crippen molar-refractivity contribution in [3.8, 4) is 0 Å². The largest absolute Gasteiger partial charge is 0.324 e. The third-order valence-electron chi connectivity index (χ3n) is 3.12. The molecule has 0 radical (unpaired) electrons. The SMILES string of the molecule is O=C1CC2C(=O)Nc3ccccc3C(=O)N2C1. The summed E-state index contributed by atoms with van der Waals surface area (Å²) >= 11 is 0. The van der Waals surface area contributed by atoms with Crippen LogP contribution in [0.2, 0.25) is 0 Å². The molecule has 0 spiro atoms. The number of hydrogen-bond acceptors (Lipinski definition) is 3. The lowest BCUT2D eigenvalue weighted by atomic mass is 10.1. The van der Waals surface area contributed by atoms with Crippen molar-refractivity contribution in [1.82, 2.24) is 4.90 Å². The Labute approximate surface area is 97.4 Å². The summed E-state index contributed by atoms with van der Waals surface area (Å²) < 4.78 is 0. The van der Waals surface area contributed by atoms with Gasteiger partial charge in [0.25, 0.3) is 5.91 Å². The lowest BCUT2D eigenvalue weighted by molar-refractivity contribution is -0.121. The molecule has 3 rings (SSSR count). The molecule has 1 aromatic rings. The Bertz CT molecular complexity index is 538. The van der Waals surface area contributed by atoms with Crippen LogP contribution in [0.15, 0.2) is 24.3 Å². The molecule has 5 heteroatoms. The van der Waals surface area contributed by atoms with E-state index in [-0.39, 0.29) is 30.6 Å². The number of carbonyl (C=O) groups excluding carboxylic acids is 3. The van der Waals surface area contributed by atoms with Gasteiger partial charge in [-0.05, 0) is 12.1 Å². The number of carbonyl (C=O) groups is 3. The van der Waals surface area contributed by atoms with E-state index in [1.54, 1.807) is 24.3 Å². The molecule has 5 nitrogen and oxygen atoms in total. The number of hydrogen-bond donors (Lipinski definition) is 1. The van der Waals surface area contributed by atoms with Crippen molar-refractivity contribution in [1.29, 1.82) is 0 Å². The van der Waals surface area contributed by atoms with E-state index in [0.717, 1.165) is 0 Å².